The summed E-state index contributed by atoms with van der Waals surface area (Å²) < 4.78 is 0. The van der Waals surface area contributed by atoms with Gasteiger partial charge in [0.05, 0.1) is 13.0 Å². The molecule has 0 aliphatic carbocycles. The molecule has 1 saturated heterocycles. The summed E-state index contributed by atoms with van der Waals surface area (Å²) in [6.45, 7) is 3.92. The molecular weight excluding hydrogens is 300 g/mol. The lowest BCUT2D eigenvalue weighted by atomic mass is 9.99. The lowest BCUT2D eigenvalue weighted by Crippen LogP contribution is -2.44. The number of nitrogens with zero attached hydrogens (tertiary/aromatic N) is 1. The fourth-order valence-electron chi connectivity index (χ4n) is 3.23. The maximum absolute atomic E-state index is 12.2. The van der Waals surface area contributed by atoms with Crippen LogP contribution in [0.3, 0.4) is 0 Å². The number of amides is 2. The molecule has 24 heavy (non-hydrogen) atoms. The molecule has 0 aromatic heterocycles. The van der Waals surface area contributed by atoms with Gasteiger partial charge in [-0.25, -0.2) is 0 Å². The van der Waals surface area contributed by atoms with E-state index in [-0.39, 0.29) is 18.4 Å². The molecule has 2 aromatic rings. The molecule has 1 N–H and O–H groups in total. The third-order valence-corrected chi connectivity index (χ3v) is 4.80. The molecule has 2 aromatic carbocycles. The lowest BCUT2D eigenvalue weighted by Gasteiger charge is -2.30. The summed E-state index contributed by atoms with van der Waals surface area (Å²) in [5.41, 5.74) is 0.991. The van der Waals surface area contributed by atoms with E-state index < -0.39 is 0 Å². The molecule has 4 nitrogen and oxygen atoms in total. The Morgan fingerprint density at radius 2 is 1.79 bits per heavy atom. The van der Waals surface area contributed by atoms with Gasteiger partial charge in [0.15, 0.2) is 0 Å². The number of nitrogens with one attached hydrogen (secondary N) is 1. The van der Waals surface area contributed by atoms with Crippen LogP contribution in [-0.2, 0) is 16.0 Å². The van der Waals surface area contributed by atoms with Crippen molar-refractivity contribution in [2.45, 2.75) is 26.2 Å². The number of benzene rings is 2. The smallest absolute Gasteiger partial charge is 0.241 e. The Balaban J connectivity index is 1.55. The topological polar surface area (TPSA) is 49.4 Å². The first-order valence-corrected chi connectivity index (χ1v) is 8.64. The van der Waals surface area contributed by atoms with Crippen molar-refractivity contribution in [2.75, 3.05) is 19.6 Å². The van der Waals surface area contributed by atoms with Gasteiger partial charge < -0.3 is 10.2 Å². The predicted molar refractivity (Wildman–Crippen MR) is 95.6 cm³/mol. The van der Waals surface area contributed by atoms with Crippen LogP contribution in [0, 0.1) is 5.92 Å². The van der Waals surface area contributed by atoms with Crippen molar-refractivity contribution in [2.24, 2.45) is 5.92 Å². The number of piperidine rings is 1. The van der Waals surface area contributed by atoms with Crippen molar-refractivity contribution in [3.63, 3.8) is 0 Å². The molecule has 0 unspecified atom stereocenters. The monoisotopic (exact) mass is 324 g/mol. The summed E-state index contributed by atoms with van der Waals surface area (Å²) in [5, 5.41) is 4.99. The van der Waals surface area contributed by atoms with Gasteiger partial charge in [-0.2, -0.15) is 0 Å². The van der Waals surface area contributed by atoms with E-state index in [4.69, 9.17) is 0 Å². The summed E-state index contributed by atoms with van der Waals surface area (Å²) in [7, 11) is 0. The van der Waals surface area contributed by atoms with Crippen LogP contribution in [0.15, 0.2) is 42.5 Å². The van der Waals surface area contributed by atoms with Gasteiger partial charge in [0.1, 0.15) is 0 Å². The van der Waals surface area contributed by atoms with Gasteiger partial charge >= 0.3 is 0 Å². The fraction of sp³-hybridized carbons (Fsp3) is 0.400. The zero-order valence-corrected chi connectivity index (χ0v) is 14.1. The average molecular weight is 324 g/mol. The normalized spacial score (nSPS) is 15.5. The van der Waals surface area contributed by atoms with E-state index >= 15 is 0 Å². The van der Waals surface area contributed by atoms with Gasteiger partial charge in [-0.05, 0) is 35.1 Å². The van der Waals surface area contributed by atoms with Crippen molar-refractivity contribution in [3.8, 4) is 0 Å². The van der Waals surface area contributed by atoms with E-state index in [0.717, 1.165) is 42.3 Å². The Bertz CT molecular complexity index is 728. The minimum atomic E-state index is -0.106. The highest BCUT2D eigenvalue weighted by Crippen LogP contribution is 2.19. The van der Waals surface area contributed by atoms with E-state index in [1.807, 2.05) is 47.4 Å². The SMILES string of the molecule is CC1CCN(C(=O)CNC(=O)Cc2cccc3ccccc23)CC1. The molecule has 0 atom stereocenters. The maximum atomic E-state index is 12.2. The van der Waals surface area contributed by atoms with Gasteiger partial charge in [-0.3, -0.25) is 9.59 Å². The standard InChI is InChI=1S/C20H24N2O2/c1-15-9-11-22(12-10-15)20(24)14-21-19(23)13-17-7-4-6-16-5-2-3-8-18(16)17/h2-8,15H,9-14H2,1H3,(H,21,23). The summed E-state index contributed by atoms with van der Waals surface area (Å²) >= 11 is 0. The summed E-state index contributed by atoms with van der Waals surface area (Å²) in [4.78, 5) is 26.3. The van der Waals surface area contributed by atoms with Crippen LogP contribution in [0.5, 0.6) is 0 Å². The zero-order valence-electron chi connectivity index (χ0n) is 14.1. The number of carbonyl (C=O) groups excluding carboxylic acids is 2. The molecule has 0 saturated carbocycles. The van der Waals surface area contributed by atoms with Crippen molar-refractivity contribution in [1.82, 2.24) is 10.2 Å². The van der Waals surface area contributed by atoms with Crippen LogP contribution in [0.25, 0.3) is 10.8 Å². The molecule has 1 heterocycles. The number of hydrogen-bond donors (Lipinski definition) is 1. The number of hydrogen-bond acceptors (Lipinski definition) is 2. The van der Waals surface area contributed by atoms with Gasteiger partial charge in [-0.15, -0.1) is 0 Å². The Morgan fingerprint density at radius 1 is 1.08 bits per heavy atom. The maximum Gasteiger partial charge on any atom is 0.241 e. The molecule has 1 fully saturated rings. The van der Waals surface area contributed by atoms with Gasteiger partial charge in [0, 0.05) is 13.1 Å². The van der Waals surface area contributed by atoms with Crippen LogP contribution in [0.1, 0.15) is 25.3 Å². The second-order valence-electron chi connectivity index (χ2n) is 6.66. The highest BCUT2D eigenvalue weighted by molar-refractivity contribution is 5.91. The molecule has 0 radical (unpaired) electrons. The van der Waals surface area contributed by atoms with Crippen LogP contribution in [-0.4, -0.2) is 36.3 Å². The number of carbonyl (C=O) groups is 2. The quantitative estimate of drug-likeness (QED) is 0.940. The molecule has 0 bridgehead atoms. The highest BCUT2D eigenvalue weighted by atomic mass is 16.2. The second kappa shape index (κ2) is 7.47. The van der Waals surface area contributed by atoms with Gasteiger partial charge in [-0.1, -0.05) is 49.4 Å². The van der Waals surface area contributed by atoms with Crippen LogP contribution in [0.4, 0.5) is 0 Å². The van der Waals surface area contributed by atoms with Gasteiger partial charge in [0.2, 0.25) is 11.8 Å². The molecule has 0 spiro atoms. The summed E-state index contributed by atoms with van der Waals surface area (Å²) in [5.74, 6) is 0.605. The molecule has 126 valence electrons. The average Bonchev–Trinajstić information content (AvgIpc) is 2.61. The van der Waals surface area contributed by atoms with Crippen molar-refractivity contribution >= 4 is 22.6 Å². The molecular formula is C20H24N2O2. The third-order valence-electron chi connectivity index (χ3n) is 4.80. The van der Waals surface area contributed by atoms with E-state index in [9.17, 15) is 9.59 Å². The zero-order chi connectivity index (χ0) is 16.9. The Labute approximate surface area is 142 Å². The molecule has 3 rings (SSSR count). The van der Waals surface area contributed by atoms with Crippen LogP contribution < -0.4 is 5.32 Å². The van der Waals surface area contributed by atoms with Crippen molar-refractivity contribution in [1.29, 1.82) is 0 Å². The highest BCUT2D eigenvalue weighted by Gasteiger charge is 2.20. The third kappa shape index (κ3) is 3.94. The first kappa shape index (κ1) is 16.5. The van der Waals surface area contributed by atoms with Crippen molar-refractivity contribution in [3.05, 3.63) is 48.0 Å². The Morgan fingerprint density at radius 3 is 2.58 bits per heavy atom. The van der Waals surface area contributed by atoms with E-state index in [1.165, 1.54) is 0 Å². The second-order valence-corrected chi connectivity index (χ2v) is 6.66. The number of fused-ring (bicyclic) bond motifs is 1. The van der Waals surface area contributed by atoms with Crippen LogP contribution in [0.2, 0.25) is 0 Å². The predicted octanol–water partition coefficient (Wildman–Crippen LogP) is 2.76. The summed E-state index contributed by atoms with van der Waals surface area (Å²) in [6, 6.07) is 14.0. The van der Waals surface area contributed by atoms with E-state index in [0.29, 0.717) is 12.3 Å². The van der Waals surface area contributed by atoms with Crippen molar-refractivity contribution < 1.29 is 9.59 Å². The minimum absolute atomic E-state index is 0.0215. The minimum Gasteiger partial charge on any atom is -0.347 e. The first-order valence-electron chi connectivity index (χ1n) is 8.64. The Hall–Kier alpha value is -2.36. The number of rotatable bonds is 4. The first-order chi connectivity index (χ1) is 11.6. The number of likely N-dealkylation sites (tertiary alicyclic amines) is 1. The fourth-order valence-corrected chi connectivity index (χ4v) is 3.23. The molecule has 2 amide bonds. The van der Waals surface area contributed by atoms with E-state index in [1.54, 1.807) is 0 Å². The Kier molecular flexibility index (Phi) is 5.14. The summed E-state index contributed by atoms with van der Waals surface area (Å²) in [6.07, 6.45) is 2.40. The molecule has 1 aliphatic heterocycles. The van der Waals surface area contributed by atoms with E-state index in [2.05, 4.69) is 12.2 Å². The molecule has 4 heteroatoms. The lowest BCUT2D eigenvalue weighted by molar-refractivity contribution is -0.133. The largest absolute Gasteiger partial charge is 0.347 e. The molecule has 1 aliphatic rings. The van der Waals surface area contributed by atoms with Crippen LogP contribution >= 0.6 is 0 Å². The van der Waals surface area contributed by atoms with Gasteiger partial charge in [0.25, 0.3) is 0 Å².